The summed E-state index contributed by atoms with van der Waals surface area (Å²) in [5.41, 5.74) is 9.54. The Morgan fingerprint density at radius 3 is 2.59 bits per heavy atom. The molecule has 0 fully saturated rings. The number of fused-ring (bicyclic) bond motifs is 1. The molecular formula is C17H17Cl2N3. The molecule has 0 aliphatic carbocycles. The maximum Gasteiger partial charge on any atom is 0.0867 e. The summed E-state index contributed by atoms with van der Waals surface area (Å²) in [6.07, 6.45) is 4.66. The molecule has 0 saturated carbocycles. The molecule has 114 valence electrons. The van der Waals surface area contributed by atoms with Gasteiger partial charge in [-0.05, 0) is 55.6 Å². The van der Waals surface area contributed by atoms with Crippen molar-refractivity contribution < 1.29 is 0 Å². The van der Waals surface area contributed by atoms with Crippen molar-refractivity contribution in [2.75, 3.05) is 6.54 Å². The van der Waals surface area contributed by atoms with E-state index in [1.807, 2.05) is 30.3 Å². The molecule has 0 amide bonds. The average molecular weight is 334 g/mol. The van der Waals surface area contributed by atoms with Crippen molar-refractivity contribution in [2.45, 2.75) is 19.3 Å². The molecule has 22 heavy (non-hydrogen) atoms. The Kier molecular flexibility index (Phi) is 4.67. The highest BCUT2D eigenvalue weighted by atomic mass is 35.5. The largest absolute Gasteiger partial charge is 0.352 e. The number of aryl methyl sites for hydroxylation is 1. The van der Waals surface area contributed by atoms with Crippen molar-refractivity contribution in [3.8, 4) is 11.4 Å². The van der Waals surface area contributed by atoms with E-state index >= 15 is 0 Å². The summed E-state index contributed by atoms with van der Waals surface area (Å²) in [5.74, 6) is 0. The second kappa shape index (κ2) is 6.69. The first-order valence-electron chi connectivity index (χ1n) is 7.32. The van der Waals surface area contributed by atoms with Crippen molar-refractivity contribution in [1.29, 1.82) is 0 Å². The number of nitrogens with zero attached hydrogens (tertiary/aromatic N) is 1. The average Bonchev–Trinajstić information content (AvgIpc) is 2.93. The van der Waals surface area contributed by atoms with Gasteiger partial charge in [-0.2, -0.15) is 0 Å². The van der Waals surface area contributed by atoms with Gasteiger partial charge in [0.15, 0.2) is 0 Å². The Labute approximate surface area is 139 Å². The van der Waals surface area contributed by atoms with Crippen molar-refractivity contribution >= 4 is 34.1 Å². The fourth-order valence-electron chi connectivity index (χ4n) is 2.72. The second-order valence-electron chi connectivity index (χ2n) is 5.22. The van der Waals surface area contributed by atoms with Gasteiger partial charge in [-0.15, -0.1) is 0 Å². The van der Waals surface area contributed by atoms with Crippen LogP contribution in [0.1, 0.15) is 18.4 Å². The van der Waals surface area contributed by atoms with Gasteiger partial charge in [0.05, 0.1) is 26.9 Å². The summed E-state index contributed by atoms with van der Waals surface area (Å²) in [6.45, 7) is 0.690. The van der Waals surface area contributed by atoms with Gasteiger partial charge < -0.3 is 10.7 Å². The fraction of sp³-hybridized carbons (Fsp3) is 0.235. The quantitative estimate of drug-likeness (QED) is 0.657. The van der Waals surface area contributed by atoms with E-state index in [1.165, 1.54) is 0 Å². The lowest BCUT2D eigenvalue weighted by Gasteiger charge is -2.05. The molecule has 2 heterocycles. The number of rotatable bonds is 5. The number of nitrogens with one attached hydrogen (secondary N) is 1. The highest BCUT2D eigenvalue weighted by Crippen LogP contribution is 2.38. The molecule has 3 rings (SSSR count). The van der Waals surface area contributed by atoms with Crippen molar-refractivity contribution in [2.24, 2.45) is 5.73 Å². The molecule has 1 aromatic carbocycles. The van der Waals surface area contributed by atoms with E-state index in [0.29, 0.717) is 16.6 Å². The Balaban J connectivity index is 2.19. The van der Waals surface area contributed by atoms with Crippen LogP contribution in [0, 0.1) is 0 Å². The molecular weight excluding hydrogens is 317 g/mol. The molecule has 3 nitrogen and oxygen atoms in total. The Hall–Kier alpha value is -1.55. The minimum absolute atomic E-state index is 0.668. The summed E-state index contributed by atoms with van der Waals surface area (Å²) in [6, 6.07) is 9.52. The standard InChI is InChI=1S/C17H17Cl2N3/c18-12-7-8-13(19)17-15(12)11(5-1-3-9-20)16(22-17)14-6-2-4-10-21-14/h2,4,6-8,10,22H,1,3,5,9,20H2. The third-order valence-corrected chi connectivity index (χ3v) is 4.39. The molecule has 0 unspecified atom stereocenters. The number of nitrogens with two attached hydrogens (primary N) is 1. The van der Waals surface area contributed by atoms with Gasteiger partial charge in [0, 0.05) is 11.6 Å². The van der Waals surface area contributed by atoms with E-state index in [4.69, 9.17) is 28.9 Å². The molecule has 0 aliphatic heterocycles. The Bertz CT molecular complexity index is 781. The van der Waals surface area contributed by atoms with Crippen LogP contribution in [0.4, 0.5) is 0 Å². The number of pyridine rings is 1. The minimum Gasteiger partial charge on any atom is -0.352 e. The maximum atomic E-state index is 6.42. The lowest BCUT2D eigenvalue weighted by molar-refractivity contribution is 0.748. The number of unbranched alkanes of at least 4 members (excludes halogenated alkanes) is 1. The SMILES string of the molecule is NCCCCc1c(-c2ccccn2)[nH]c2c(Cl)ccc(Cl)c12. The van der Waals surface area contributed by atoms with Crippen LogP contribution in [-0.2, 0) is 6.42 Å². The smallest absolute Gasteiger partial charge is 0.0867 e. The third-order valence-electron chi connectivity index (χ3n) is 3.76. The maximum absolute atomic E-state index is 6.42. The van der Waals surface area contributed by atoms with Crippen molar-refractivity contribution in [3.63, 3.8) is 0 Å². The molecule has 0 bridgehead atoms. The molecule has 3 N–H and O–H groups in total. The topological polar surface area (TPSA) is 54.7 Å². The van der Waals surface area contributed by atoms with Crippen LogP contribution in [0.3, 0.4) is 0 Å². The summed E-state index contributed by atoms with van der Waals surface area (Å²) in [7, 11) is 0. The lowest BCUT2D eigenvalue weighted by atomic mass is 10.0. The van der Waals surface area contributed by atoms with Crippen LogP contribution in [0.25, 0.3) is 22.3 Å². The van der Waals surface area contributed by atoms with E-state index in [9.17, 15) is 0 Å². The lowest BCUT2D eigenvalue weighted by Crippen LogP contribution is -1.99. The van der Waals surface area contributed by atoms with Crippen LogP contribution < -0.4 is 5.73 Å². The zero-order chi connectivity index (χ0) is 15.5. The molecule has 0 saturated heterocycles. The van der Waals surface area contributed by atoms with Crippen molar-refractivity contribution in [1.82, 2.24) is 9.97 Å². The van der Waals surface area contributed by atoms with Crippen molar-refractivity contribution in [3.05, 3.63) is 52.1 Å². The number of hydrogen-bond donors (Lipinski definition) is 2. The number of aromatic amines is 1. The predicted octanol–water partition coefficient (Wildman–Crippen LogP) is 4.82. The molecule has 0 spiro atoms. The summed E-state index contributed by atoms with van der Waals surface area (Å²) >= 11 is 12.8. The van der Waals surface area contributed by atoms with E-state index in [1.54, 1.807) is 6.20 Å². The van der Waals surface area contributed by atoms with E-state index in [0.717, 1.165) is 47.1 Å². The highest BCUT2D eigenvalue weighted by Gasteiger charge is 2.17. The van der Waals surface area contributed by atoms with Crippen LogP contribution >= 0.6 is 23.2 Å². The molecule has 2 aromatic heterocycles. The van der Waals surface area contributed by atoms with Gasteiger partial charge in [0.1, 0.15) is 0 Å². The monoisotopic (exact) mass is 333 g/mol. The second-order valence-corrected chi connectivity index (χ2v) is 6.03. The van der Waals surface area contributed by atoms with Crippen LogP contribution in [0.2, 0.25) is 10.0 Å². The number of H-pyrrole nitrogens is 1. The molecule has 5 heteroatoms. The summed E-state index contributed by atoms with van der Waals surface area (Å²) < 4.78 is 0. The third kappa shape index (κ3) is 2.84. The van der Waals surface area contributed by atoms with Gasteiger partial charge in [0.25, 0.3) is 0 Å². The van der Waals surface area contributed by atoms with E-state index in [2.05, 4.69) is 9.97 Å². The number of aromatic nitrogens is 2. The van der Waals surface area contributed by atoms with Gasteiger partial charge >= 0.3 is 0 Å². The van der Waals surface area contributed by atoms with Gasteiger partial charge in [-0.25, -0.2) is 0 Å². The molecule has 3 aromatic rings. The molecule has 0 atom stereocenters. The first-order chi connectivity index (χ1) is 10.7. The first-order valence-corrected chi connectivity index (χ1v) is 8.08. The first kappa shape index (κ1) is 15.3. The predicted molar refractivity (Wildman–Crippen MR) is 93.5 cm³/mol. The normalized spacial score (nSPS) is 11.2. The minimum atomic E-state index is 0.668. The van der Waals surface area contributed by atoms with E-state index < -0.39 is 0 Å². The van der Waals surface area contributed by atoms with Crippen LogP contribution in [0.15, 0.2) is 36.5 Å². The van der Waals surface area contributed by atoms with Gasteiger partial charge in [0.2, 0.25) is 0 Å². The Morgan fingerprint density at radius 2 is 1.86 bits per heavy atom. The number of hydrogen-bond acceptors (Lipinski definition) is 2. The van der Waals surface area contributed by atoms with Crippen LogP contribution in [0.5, 0.6) is 0 Å². The zero-order valence-electron chi connectivity index (χ0n) is 12.1. The molecule has 0 radical (unpaired) electrons. The fourth-order valence-corrected chi connectivity index (χ4v) is 3.20. The summed E-state index contributed by atoms with van der Waals surface area (Å²) in [4.78, 5) is 7.86. The van der Waals surface area contributed by atoms with Gasteiger partial charge in [-0.1, -0.05) is 29.3 Å². The zero-order valence-corrected chi connectivity index (χ0v) is 13.6. The van der Waals surface area contributed by atoms with Crippen LogP contribution in [-0.4, -0.2) is 16.5 Å². The number of halogens is 2. The molecule has 0 aliphatic rings. The highest BCUT2D eigenvalue weighted by molar-refractivity contribution is 6.40. The van der Waals surface area contributed by atoms with Gasteiger partial charge in [-0.3, -0.25) is 4.98 Å². The Morgan fingerprint density at radius 1 is 1.05 bits per heavy atom. The summed E-state index contributed by atoms with van der Waals surface area (Å²) in [5, 5.41) is 2.37. The van der Waals surface area contributed by atoms with E-state index in [-0.39, 0.29) is 0 Å². The number of benzene rings is 1.